The third-order valence-electron chi connectivity index (χ3n) is 2.80. The highest BCUT2D eigenvalue weighted by Crippen LogP contribution is 2.29. The maximum atomic E-state index is 5.60. The molecule has 22 heavy (non-hydrogen) atoms. The standard InChI is InChI=1S/C14H9N3O3S2/c1-3-10(18-5-1)11-7-9(17-20-11)8-22-14-16-15-13(19-14)12-4-2-6-21-12/h1-7H,8H2. The van der Waals surface area contributed by atoms with Gasteiger partial charge >= 0.3 is 0 Å². The molecule has 4 rings (SSSR count). The predicted molar refractivity (Wildman–Crippen MR) is 81.4 cm³/mol. The topological polar surface area (TPSA) is 78.1 Å². The molecule has 0 unspecified atom stereocenters. The van der Waals surface area contributed by atoms with Gasteiger partial charge in [0.2, 0.25) is 5.76 Å². The highest BCUT2D eigenvalue weighted by Gasteiger charge is 2.13. The van der Waals surface area contributed by atoms with E-state index in [1.54, 1.807) is 23.7 Å². The second kappa shape index (κ2) is 5.82. The first-order chi connectivity index (χ1) is 10.9. The van der Waals surface area contributed by atoms with Crippen molar-refractivity contribution in [1.29, 1.82) is 0 Å². The van der Waals surface area contributed by atoms with Crippen molar-refractivity contribution in [1.82, 2.24) is 15.4 Å². The van der Waals surface area contributed by atoms with Gasteiger partial charge < -0.3 is 13.4 Å². The molecule has 0 aliphatic carbocycles. The molecule has 0 aromatic carbocycles. The van der Waals surface area contributed by atoms with E-state index in [0.29, 0.717) is 28.4 Å². The van der Waals surface area contributed by atoms with Gasteiger partial charge in [0, 0.05) is 11.8 Å². The van der Waals surface area contributed by atoms with Crippen LogP contribution in [0.25, 0.3) is 22.3 Å². The van der Waals surface area contributed by atoms with Gasteiger partial charge in [0.05, 0.1) is 16.8 Å². The molecule has 4 heterocycles. The molecule has 0 saturated carbocycles. The second-order valence-electron chi connectivity index (χ2n) is 4.30. The van der Waals surface area contributed by atoms with Crippen molar-refractivity contribution in [2.45, 2.75) is 11.0 Å². The van der Waals surface area contributed by atoms with Crippen LogP contribution in [0.5, 0.6) is 0 Å². The highest BCUT2D eigenvalue weighted by atomic mass is 32.2. The molecule has 0 atom stereocenters. The number of hydrogen-bond acceptors (Lipinski definition) is 8. The quantitative estimate of drug-likeness (QED) is 0.503. The number of furan rings is 1. The van der Waals surface area contributed by atoms with Gasteiger partial charge in [-0.05, 0) is 23.6 Å². The monoisotopic (exact) mass is 331 g/mol. The van der Waals surface area contributed by atoms with Gasteiger partial charge in [0.15, 0.2) is 5.76 Å². The molecule has 0 saturated heterocycles. The number of rotatable bonds is 5. The fourth-order valence-corrected chi connectivity index (χ4v) is 3.11. The number of thioether (sulfide) groups is 1. The Labute approximate surface area is 133 Å². The molecule has 0 spiro atoms. The van der Waals surface area contributed by atoms with Gasteiger partial charge in [-0.25, -0.2) is 0 Å². The summed E-state index contributed by atoms with van der Waals surface area (Å²) in [5, 5.41) is 14.5. The SMILES string of the molecule is c1coc(-c2cc(CSc3nnc(-c4cccs4)o3)no2)c1. The Morgan fingerprint density at radius 3 is 2.95 bits per heavy atom. The third-order valence-corrected chi connectivity index (χ3v) is 4.51. The van der Waals surface area contributed by atoms with E-state index < -0.39 is 0 Å². The van der Waals surface area contributed by atoms with Gasteiger partial charge in [-0.15, -0.1) is 21.5 Å². The number of nitrogens with zero attached hydrogens (tertiary/aromatic N) is 3. The van der Waals surface area contributed by atoms with E-state index >= 15 is 0 Å². The van der Waals surface area contributed by atoms with Gasteiger partial charge in [0.1, 0.15) is 0 Å². The first kappa shape index (κ1) is 13.4. The lowest BCUT2D eigenvalue weighted by Crippen LogP contribution is -1.79. The molecule has 0 radical (unpaired) electrons. The molecule has 0 aliphatic heterocycles. The van der Waals surface area contributed by atoms with Crippen molar-refractivity contribution in [3.8, 4) is 22.3 Å². The Morgan fingerprint density at radius 1 is 1.14 bits per heavy atom. The first-order valence-corrected chi connectivity index (χ1v) is 8.25. The summed E-state index contributed by atoms with van der Waals surface area (Å²) in [5.41, 5.74) is 0.785. The van der Waals surface area contributed by atoms with Crippen LogP contribution in [0.4, 0.5) is 0 Å². The van der Waals surface area contributed by atoms with E-state index in [1.807, 2.05) is 29.6 Å². The Bertz CT molecular complexity index is 777. The van der Waals surface area contributed by atoms with Crippen LogP contribution in [0.15, 0.2) is 60.6 Å². The van der Waals surface area contributed by atoms with Crippen molar-refractivity contribution in [2.24, 2.45) is 0 Å². The van der Waals surface area contributed by atoms with Crippen molar-refractivity contribution >= 4 is 23.1 Å². The lowest BCUT2D eigenvalue weighted by atomic mass is 10.3. The summed E-state index contributed by atoms with van der Waals surface area (Å²) >= 11 is 2.98. The van der Waals surface area contributed by atoms with Crippen molar-refractivity contribution in [2.75, 3.05) is 0 Å². The van der Waals surface area contributed by atoms with Crippen LogP contribution >= 0.6 is 23.1 Å². The molecule has 4 aromatic rings. The molecule has 0 bridgehead atoms. The molecule has 6 nitrogen and oxygen atoms in total. The number of hydrogen-bond donors (Lipinski definition) is 0. The van der Waals surface area contributed by atoms with E-state index in [9.17, 15) is 0 Å². The second-order valence-corrected chi connectivity index (χ2v) is 6.17. The summed E-state index contributed by atoms with van der Waals surface area (Å²) in [6, 6.07) is 9.35. The van der Waals surface area contributed by atoms with Crippen molar-refractivity contribution < 1.29 is 13.4 Å². The lowest BCUT2D eigenvalue weighted by Gasteiger charge is -1.90. The van der Waals surface area contributed by atoms with Crippen LogP contribution in [0, 0.1) is 0 Å². The summed E-state index contributed by atoms with van der Waals surface area (Å²) < 4.78 is 16.1. The molecule has 0 fully saturated rings. The van der Waals surface area contributed by atoms with Crippen molar-refractivity contribution in [3.63, 3.8) is 0 Å². The van der Waals surface area contributed by atoms with Crippen LogP contribution in [0.1, 0.15) is 5.69 Å². The Balaban J connectivity index is 1.43. The lowest BCUT2D eigenvalue weighted by molar-refractivity contribution is 0.413. The smallest absolute Gasteiger partial charge is 0.277 e. The normalized spacial score (nSPS) is 11.1. The minimum Gasteiger partial charge on any atom is -0.461 e. The van der Waals surface area contributed by atoms with Crippen LogP contribution < -0.4 is 0 Å². The van der Waals surface area contributed by atoms with E-state index in [4.69, 9.17) is 13.4 Å². The average Bonchev–Trinajstić information content (AvgIpc) is 3.33. The van der Waals surface area contributed by atoms with Crippen LogP contribution in [0.2, 0.25) is 0 Å². The van der Waals surface area contributed by atoms with Crippen molar-refractivity contribution in [3.05, 3.63) is 47.7 Å². The largest absolute Gasteiger partial charge is 0.461 e. The Morgan fingerprint density at radius 2 is 2.14 bits per heavy atom. The third kappa shape index (κ3) is 2.70. The fraction of sp³-hybridized carbons (Fsp3) is 0.0714. The molecule has 0 N–H and O–H groups in total. The van der Waals surface area contributed by atoms with Gasteiger partial charge in [-0.3, -0.25) is 0 Å². The minimum atomic E-state index is 0.506. The van der Waals surface area contributed by atoms with Gasteiger partial charge in [-0.1, -0.05) is 23.0 Å². The summed E-state index contributed by atoms with van der Waals surface area (Å²) in [4.78, 5) is 0.959. The molecule has 8 heteroatoms. The van der Waals surface area contributed by atoms with Crippen LogP contribution in [-0.2, 0) is 5.75 Å². The predicted octanol–water partition coefficient (Wildman–Crippen LogP) is 4.34. The summed E-state index contributed by atoms with van der Waals surface area (Å²) in [6.07, 6.45) is 1.59. The maximum Gasteiger partial charge on any atom is 0.277 e. The van der Waals surface area contributed by atoms with Gasteiger partial charge in [-0.2, -0.15) is 0 Å². The molecule has 0 aliphatic rings. The molecule has 110 valence electrons. The summed E-state index contributed by atoms with van der Waals surface area (Å²) in [6.45, 7) is 0. The Hall–Kier alpha value is -2.32. The fourth-order valence-electron chi connectivity index (χ4n) is 1.82. The van der Waals surface area contributed by atoms with Gasteiger partial charge in [0.25, 0.3) is 11.1 Å². The Kier molecular flexibility index (Phi) is 3.53. The molecule has 0 amide bonds. The zero-order chi connectivity index (χ0) is 14.8. The summed E-state index contributed by atoms with van der Waals surface area (Å²) in [7, 11) is 0. The number of aromatic nitrogens is 3. The van der Waals surface area contributed by atoms with Crippen LogP contribution in [-0.4, -0.2) is 15.4 Å². The zero-order valence-corrected chi connectivity index (χ0v) is 12.8. The van der Waals surface area contributed by atoms with Crippen LogP contribution in [0.3, 0.4) is 0 Å². The van der Waals surface area contributed by atoms with E-state index in [1.165, 1.54) is 11.8 Å². The average molecular weight is 331 g/mol. The minimum absolute atomic E-state index is 0.506. The van der Waals surface area contributed by atoms with E-state index in [2.05, 4.69) is 15.4 Å². The number of thiophene rings is 1. The summed E-state index contributed by atoms with van der Waals surface area (Å²) in [5.74, 6) is 2.37. The molecular weight excluding hydrogens is 322 g/mol. The molecular formula is C14H9N3O3S2. The highest BCUT2D eigenvalue weighted by molar-refractivity contribution is 7.98. The maximum absolute atomic E-state index is 5.60. The van der Waals surface area contributed by atoms with E-state index in [0.717, 1.165) is 10.6 Å². The zero-order valence-electron chi connectivity index (χ0n) is 11.1. The molecule has 4 aromatic heterocycles. The first-order valence-electron chi connectivity index (χ1n) is 6.38. The van der Waals surface area contributed by atoms with E-state index in [-0.39, 0.29) is 0 Å².